The number of benzene rings is 1. The van der Waals surface area contributed by atoms with Crippen molar-refractivity contribution >= 4 is 21.9 Å². The summed E-state index contributed by atoms with van der Waals surface area (Å²) in [5.41, 5.74) is 3.76. The average molecular weight is 348 g/mol. The zero-order chi connectivity index (χ0) is 14.6. The molecule has 4 rings (SSSR count). The van der Waals surface area contributed by atoms with Gasteiger partial charge in [-0.1, -0.05) is 27.2 Å². The van der Waals surface area contributed by atoms with Crippen molar-refractivity contribution < 1.29 is 14.1 Å². The van der Waals surface area contributed by atoms with Crippen LogP contribution in [0.5, 0.6) is 0 Å². The van der Waals surface area contributed by atoms with Crippen LogP contribution in [0.4, 0.5) is 0 Å². The van der Waals surface area contributed by atoms with E-state index in [1.165, 1.54) is 5.56 Å². The zero-order valence-electron chi connectivity index (χ0n) is 11.6. The fourth-order valence-electron chi connectivity index (χ4n) is 3.24. The van der Waals surface area contributed by atoms with Crippen LogP contribution >= 0.6 is 15.9 Å². The van der Waals surface area contributed by atoms with Gasteiger partial charge >= 0.3 is 5.97 Å². The van der Waals surface area contributed by atoms with Gasteiger partial charge in [0.1, 0.15) is 0 Å². The van der Waals surface area contributed by atoms with E-state index in [0.29, 0.717) is 18.1 Å². The van der Waals surface area contributed by atoms with E-state index in [9.17, 15) is 4.79 Å². The fourth-order valence-corrected chi connectivity index (χ4v) is 3.60. The molecule has 1 heterocycles. The van der Waals surface area contributed by atoms with Crippen molar-refractivity contribution in [2.24, 2.45) is 0 Å². The van der Waals surface area contributed by atoms with Gasteiger partial charge in [-0.2, -0.15) is 0 Å². The summed E-state index contributed by atoms with van der Waals surface area (Å²) in [6, 6.07) is 6.27. The Labute approximate surface area is 130 Å². The van der Waals surface area contributed by atoms with Crippen LogP contribution in [-0.2, 0) is 16.6 Å². The van der Waals surface area contributed by atoms with Crippen LogP contribution in [0, 0.1) is 0 Å². The maximum Gasteiger partial charge on any atom is 0.360 e. The Hall–Kier alpha value is -1.62. The number of aromatic nitrogens is 1. The van der Waals surface area contributed by atoms with Gasteiger partial charge in [-0.15, -0.1) is 0 Å². The minimum Gasteiger partial charge on any atom is -0.461 e. The summed E-state index contributed by atoms with van der Waals surface area (Å²) in [4.78, 5) is 12.0. The predicted molar refractivity (Wildman–Crippen MR) is 80.2 cm³/mol. The van der Waals surface area contributed by atoms with Crippen molar-refractivity contribution in [3.8, 4) is 11.3 Å². The molecular weight excluding hydrogens is 334 g/mol. The average Bonchev–Trinajstić information content (AvgIpc) is 3.09. The Morgan fingerprint density at radius 3 is 3.00 bits per heavy atom. The highest BCUT2D eigenvalue weighted by molar-refractivity contribution is 9.10. The number of esters is 1. The van der Waals surface area contributed by atoms with Crippen molar-refractivity contribution in [1.29, 1.82) is 0 Å². The zero-order valence-corrected chi connectivity index (χ0v) is 13.2. The number of carbonyl (C=O) groups is 1. The van der Waals surface area contributed by atoms with Gasteiger partial charge in [0, 0.05) is 21.0 Å². The van der Waals surface area contributed by atoms with Gasteiger partial charge in [0.15, 0.2) is 11.5 Å². The van der Waals surface area contributed by atoms with Crippen LogP contribution in [-0.4, -0.2) is 17.7 Å². The summed E-state index contributed by atoms with van der Waals surface area (Å²) in [6.45, 7) is 2.13. The third-order valence-electron chi connectivity index (χ3n) is 4.42. The first-order chi connectivity index (χ1) is 10.1. The van der Waals surface area contributed by atoms with Crippen LogP contribution < -0.4 is 0 Å². The quantitative estimate of drug-likeness (QED) is 0.773. The second-order valence-electron chi connectivity index (χ2n) is 5.71. The first-order valence-corrected chi connectivity index (χ1v) is 7.90. The maximum absolute atomic E-state index is 12.0. The minimum absolute atomic E-state index is 0.163. The minimum atomic E-state index is -0.392. The molecule has 1 saturated carbocycles. The largest absolute Gasteiger partial charge is 0.461 e. The van der Waals surface area contributed by atoms with E-state index in [4.69, 9.17) is 9.26 Å². The molecule has 0 N–H and O–H groups in total. The normalized spacial score (nSPS) is 17.2. The highest BCUT2D eigenvalue weighted by Crippen LogP contribution is 2.58. The third-order valence-corrected chi connectivity index (χ3v) is 4.92. The Bertz CT molecular complexity index is 746. The van der Waals surface area contributed by atoms with Crippen LogP contribution in [0.15, 0.2) is 27.2 Å². The van der Waals surface area contributed by atoms with E-state index in [1.54, 1.807) is 6.92 Å². The molecule has 4 nitrogen and oxygen atoms in total. The summed E-state index contributed by atoms with van der Waals surface area (Å²) < 4.78 is 11.6. The second kappa shape index (κ2) is 4.44. The van der Waals surface area contributed by atoms with E-state index in [1.807, 2.05) is 6.07 Å². The molecular formula is C16H14BrNO3. The first kappa shape index (κ1) is 13.1. The number of ether oxygens (including phenoxy) is 1. The number of halogens is 1. The molecule has 1 spiro atoms. The maximum atomic E-state index is 12.0. The van der Waals surface area contributed by atoms with Crippen molar-refractivity contribution in [3.05, 3.63) is 39.5 Å². The monoisotopic (exact) mass is 347 g/mol. The van der Waals surface area contributed by atoms with E-state index >= 15 is 0 Å². The molecule has 0 aliphatic heterocycles. The lowest BCUT2D eigenvalue weighted by Gasteiger charge is -2.24. The Morgan fingerprint density at radius 2 is 2.29 bits per heavy atom. The Morgan fingerprint density at radius 1 is 1.48 bits per heavy atom. The molecule has 0 unspecified atom stereocenters. The van der Waals surface area contributed by atoms with Crippen molar-refractivity contribution in [1.82, 2.24) is 5.16 Å². The molecule has 108 valence electrons. The van der Waals surface area contributed by atoms with Crippen LogP contribution in [0.25, 0.3) is 11.3 Å². The number of carbonyl (C=O) groups excluding carboxylic acids is 1. The summed E-state index contributed by atoms with van der Waals surface area (Å²) in [5, 5.41) is 3.97. The van der Waals surface area contributed by atoms with E-state index in [0.717, 1.165) is 34.9 Å². The van der Waals surface area contributed by atoms with Gasteiger partial charge in [-0.25, -0.2) is 4.79 Å². The molecule has 5 heteroatoms. The van der Waals surface area contributed by atoms with Crippen LogP contribution in [0.3, 0.4) is 0 Å². The smallest absolute Gasteiger partial charge is 0.360 e. The van der Waals surface area contributed by atoms with Crippen molar-refractivity contribution in [3.63, 3.8) is 0 Å². The lowest BCUT2D eigenvalue weighted by atomic mass is 9.79. The van der Waals surface area contributed by atoms with Gasteiger partial charge in [-0.3, -0.25) is 0 Å². The van der Waals surface area contributed by atoms with Gasteiger partial charge < -0.3 is 9.26 Å². The summed E-state index contributed by atoms with van der Waals surface area (Å²) in [5.74, 6) is 0.323. The van der Waals surface area contributed by atoms with Crippen molar-refractivity contribution in [2.45, 2.75) is 31.6 Å². The highest BCUT2D eigenvalue weighted by atomic mass is 79.9. The van der Waals surface area contributed by atoms with Crippen LogP contribution in [0.1, 0.15) is 41.4 Å². The lowest BCUT2D eigenvalue weighted by Crippen LogP contribution is -2.19. The van der Waals surface area contributed by atoms with Crippen LogP contribution in [0.2, 0.25) is 0 Å². The number of fused-ring (bicyclic) bond motifs is 4. The first-order valence-electron chi connectivity index (χ1n) is 7.11. The van der Waals surface area contributed by atoms with Crippen molar-refractivity contribution in [2.75, 3.05) is 6.61 Å². The lowest BCUT2D eigenvalue weighted by molar-refractivity contribution is 0.0513. The summed E-state index contributed by atoms with van der Waals surface area (Å²) in [7, 11) is 0. The third kappa shape index (κ3) is 1.87. The molecule has 2 aliphatic rings. The molecule has 0 bridgehead atoms. The number of hydrogen-bond donors (Lipinski definition) is 0. The number of nitrogens with zero attached hydrogens (tertiary/aromatic N) is 1. The van der Waals surface area contributed by atoms with Gasteiger partial charge in [0.25, 0.3) is 0 Å². The van der Waals surface area contributed by atoms with E-state index in [2.05, 4.69) is 33.2 Å². The standard InChI is InChI=1S/C16H14BrNO3/c1-2-20-15(19)13-11-8-16(5-6-16)12-4-3-9(17)7-10(12)14(11)21-18-13/h3-4,7H,2,5-6,8H2,1H3. The number of hydrogen-bond acceptors (Lipinski definition) is 4. The molecule has 0 radical (unpaired) electrons. The molecule has 0 atom stereocenters. The molecule has 2 aromatic rings. The topological polar surface area (TPSA) is 52.3 Å². The molecule has 0 amide bonds. The second-order valence-corrected chi connectivity index (χ2v) is 6.62. The predicted octanol–water partition coefficient (Wildman–Crippen LogP) is 3.87. The SMILES string of the molecule is CCOC(=O)c1noc2c1CC1(CC1)c1ccc(Br)cc1-2. The molecule has 1 aromatic heterocycles. The number of rotatable bonds is 2. The van der Waals surface area contributed by atoms with Gasteiger partial charge in [0.2, 0.25) is 0 Å². The Balaban J connectivity index is 1.89. The summed E-state index contributed by atoms with van der Waals surface area (Å²) in [6.07, 6.45) is 3.11. The molecule has 0 saturated heterocycles. The van der Waals surface area contributed by atoms with E-state index < -0.39 is 5.97 Å². The Kier molecular flexibility index (Phi) is 2.76. The molecule has 21 heavy (non-hydrogen) atoms. The van der Waals surface area contributed by atoms with Gasteiger partial charge in [0.05, 0.1) is 6.61 Å². The molecule has 1 aromatic carbocycles. The van der Waals surface area contributed by atoms with E-state index in [-0.39, 0.29) is 5.41 Å². The molecule has 1 fully saturated rings. The highest BCUT2D eigenvalue weighted by Gasteiger charge is 2.50. The van der Waals surface area contributed by atoms with Gasteiger partial charge in [-0.05, 0) is 43.9 Å². The summed E-state index contributed by atoms with van der Waals surface area (Å²) >= 11 is 3.51. The molecule has 2 aliphatic carbocycles. The fraction of sp³-hybridized carbons (Fsp3) is 0.375.